The average molecular weight is 410 g/mol. The molecule has 3 rings (SSSR count). The van der Waals surface area contributed by atoms with E-state index in [0.717, 1.165) is 17.9 Å². The van der Waals surface area contributed by atoms with E-state index >= 15 is 0 Å². The smallest absolute Gasteiger partial charge is 0.338 e. The summed E-state index contributed by atoms with van der Waals surface area (Å²) < 4.78 is 10.5. The fourth-order valence-electron chi connectivity index (χ4n) is 3.23. The maximum Gasteiger partial charge on any atom is 0.338 e. The molecule has 0 radical (unpaired) electrons. The molecule has 1 heterocycles. The Bertz CT molecular complexity index is 893. The van der Waals surface area contributed by atoms with Crippen molar-refractivity contribution in [2.24, 2.45) is 5.92 Å². The Morgan fingerprint density at radius 1 is 1.07 bits per heavy atom. The predicted molar refractivity (Wildman–Crippen MR) is 114 cm³/mol. The van der Waals surface area contributed by atoms with E-state index in [1.54, 1.807) is 29.2 Å². The van der Waals surface area contributed by atoms with E-state index in [-0.39, 0.29) is 24.2 Å². The van der Waals surface area contributed by atoms with Crippen LogP contribution >= 0.6 is 0 Å². The zero-order chi connectivity index (χ0) is 21.5. The first-order valence-electron chi connectivity index (χ1n) is 10.1. The van der Waals surface area contributed by atoms with Gasteiger partial charge >= 0.3 is 5.97 Å². The molecule has 2 amide bonds. The summed E-state index contributed by atoms with van der Waals surface area (Å²) in [5.74, 6) is -0.406. The molecule has 7 heteroatoms. The van der Waals surface area contributed by atoms with Crippen molar-refractivity contribution in [1.29, 1.82) is 0 Å². The lowest BCUT2D eigenvalue weighted by Gasteiger charge is -2.17. The van der Waals surface area contributed by atoms with E-state index in [9.17, 15) is 14.4 Å². The number of hydrogen-bond acceptors (Lipinski definition) is 5. The molecule has 1 fully saturated rings. The average Bonchev–Trinajstić information content (AvgIpc) is 3.15. The quantitative estimate of drug-likeness (QED) is 0.672. The Labute approximate surface area is 176 Å². The Balaban J connectivity index is 1.58. The van der Waals surface area contributed by atoms with Gasteiger partial charge in [-0.2, -0.15) is 0 Å². The summed E-state index contributed by atoms with van der Waals surface area (Å²) in [4.78, 5) is 38.5. The van der Waals surface area contributed by atoms with Crippen LogP contribution in [-0.2, 0) is 14.3 Å². The topological polar surface area (TPSA) is 84.9 Å². The van der Waals surface area contributed by atoms with Gasteiger partial charge in [0.1, 0.15) is 5.75 Å². The minimum atomic E-state index is -0.446. The fourth-order valence-corrected chi connectivity index (χ4v) is 3.23. The van der Waals surface area contributed by atoms with E-state index in [4.69, 9.17) is 9.47 Å². The van der Waals surface area contributed by atoms with Crippen molar-refractivity contribution in [1.82, 2.24) is 0 Å². The molecule has 1 aliphatic heterocycles. The van der Waals surface area contributed by atoms with Gasteiger partial charge in [0.25, 0.3) is 0 Å². The number of hydrogen-bond donors (Lipinski definition) is 1. The van der Waals surface area contributed by atoms with E-state index in [1.165, 1.54) is 0 Å². The molecule has 0 unspecified atom stereocenters. The summed E-state index contributed by atoms with van der Waals surface area (Å²) in [6.07, 6.45) is 0.911. The molecule has 0 spiro atoms. The normalized spacial score (nSPS) is 15.7. The first-order valence-corrected chi connectivity index (χ1v) is 10.1. The van der Waals surface area contributed by atoms with Crippen LogP contribution in [0.25, 0.3) is 0 Å². The van der Waals surface area contributed by atoms with Gasteiger partial charge in [-0.3, -0.25) is 9.59 Å². The number of carbonyl (C=O) groups excluding carboxylic acids is 3. The molecule has 2 aromatic rings. The molecule has 158 valence electrons. The minimum Gasteiger partial charge on any atom is -0.494 e. The molecule has 0 aromatic heterocycles. The van der Waals surface area contributed by atoms with Gasteiger partial charge in [0.05, 0.1) is 24.7 Å². The molecule has 0 saturated carbocycles. The van der Waals surface area contributed by atoms with Crippen LogP contribution in [0.1, 0.15) is 37.0 Å². The predicted octanol–water partition coefficient (Wildman–Crippen LogP) is 3.64. The third-order valence-electron chi connectivity index (χ3n) is 4.78. The summed E-state index contributed by atoms with van der Waals surface area (Å²) in [6.45, 7) is 5.10. The number of nitrogens with one attached hydrogen (secondary N) is 1. The maximum absolute atomic E-state index is 12.6. The third-order valence-corrected chi connectivity index (χ3v) is 4.78. The molecule has 30 heavy (non-hydrogen) atoms. The second-order valence-electron chi connectivity index (χ2n) is 7.03. The number of amides is 2. The van der Waals surface area contributed by atoms with Crippen LogP contribution in [-0.4, -0.2) is 37.5 Å². The van der Waals surface area contributed by atoms with Crippen LogP contribution in [0, 0.1) is 5.92 Å². The van der Waals surface area contributed by atoms with Crippen molar-refractivity contribution >= 4 is 29.2 Å². The van der Waals surface area contributed by atoms with Gasteiger partial charge in [-0.1, -0.05) is 6.92 Å². The van der Waals surface area contributed by atoms with Crippen LogP contribution in [0.15, 0.2) is 48.5 Å². The van der Waals surface area contributed by atoms with Crippen LogP contribution in [0.2, 0.25) is 0 Å². The van der Waals surface area contributed by atoms with Crippen LogP contribution in [0.4, 0.5) is 11.4 Å². The number of benzene rings is 2. The van der Waals surface area contributed by atoms with Crippen molar-refractivity contribution in [3.05, 3.63) is 54.1 Å². The van der Waals surface area contributed by atoms with Gasteiger partial charge in [0.15, 0.2) is 0 Å². The Morgan fingerprint density at radius 2 is 1.77 bits per heavy atom. The fraction of sp³-hybridized carbons (Fsp3) is 0.348. The second-order valence-corrected chi connectivity index (χ2v) is 7.03. The maximum atomic E-state index is 12.6. The number of carbonyl (C=O) groups is 3. The van der Waals surface area contributed by atoms with Gasteiger partial charge in [-0.25, -0.2) is 4.79 Å². The number of ether oxygens (including phenoxy) is 2. The zero-order valence-electron chi connectivity index (χ0n) is 17.2. The first-order chi connectivity index (χ1) is 14.5. The lowest BCUT2D eigenvalue weighted by atomic mass is 10.1. The van der Waals surface area contributed by atoms with Gasteiger partial charge in [-0.05, 0) is 61.9 Å². The lowest BCUT2D eigenvalue weighted by molar-refractivity contribution is -0.122. The van der Waals surface area contributed by atoms with E-state index in [2.05, 4.69) is 5.32 Å². The summed E-state index contributed by atoms with van der Waals surface area (Å²) in [7, 11) is 0. The number of esters is 1. The number of nitrogens with zero attached hydrogens (tertiary/aromatic N) is 1. The Hall–Kier alpha value is -3.35. The van der Waals surface area contributed by atoms with Gasteiger partial charge < -0.3 is 19.7 Å². The zero-order valence-corrected chi connectivity index (χ0v) is 17.2. The Morgan fingerprint density at radius 3 is 2.40 bits per heavy atom. The van der Waals surface area contributed by atoms with Crippen molar-refractivity contribution in [2.75, 3.05) is 30.0 Å². The highest BCUT2D eigenvalue weighted by Gasteiger charge is 2.35. The number of anilines is 2. The third kappa shape index (κ3) is 5.17. The van der Waals surface area contributed by atoms with Crippen molar-refractivity contribution in [2.45, 2.75) is 26.7 Å². The second kappa shape index (κ2) is 9.91. The van der Waals surface area contributed by atoms with Crippen LogP contribution in [0.3, 0.4) is 0 Å². The molecule has 1 saturated heterocycles. The molecule has 2 aromatic carbocycles. The highest BCUT2D eigenvalue weighted by Crippen LogP contribution is 2.27. The largest absolute Gasteiger partial charge is 0.494 e. The Kier molecular flexibility index (Phi) is 7.06. The summed E-state index contributed by atoms with van der Waals surface area (Å²) in [6, 6.07) is 13.8. The summed E-state index contributed by atoms with van der Waals surface area (Å²) in [5, 5.41) is 2.82. The van der Waals surface area contributed by atoms with Crippen LogP contribution in [0.5, 0.6) is 5.75 Å². The van der Waals surface area contributed by atoms with Gasteiger partial charge in [-0.15, -0.1) is 0 Å². The molecule has 7 nitrogen and oxygen atoms in total. The van der Waals surface area contributed by atoms with E-state index in [0.29, 0.717) is 31.0 Å². The van der Waals surface area contributed by atoms with Crippen molar-refractivity contribution in [3.8, 4) is 5.75 Å². The van der Waals surface area contributed by atoms with Gasteiger partial charge in [0, 0.05) is 24.3 Å². The number of rotatable bonds is 8. The first kappa shape index (κ1) is 21.4. The van der Waals surface area contributed by atoms with E-state index < -0.39 is 5.92 Å². The van der Waals surface area contributed by atoms with Gasteiger partial charge in [0.2, 0.25) is 11.8 Å². The molecule has 0 aliphatic carbocycles. The van der Waals surface area contributed by atoms with Crippen molar-refractivity contribution < 1.29 is 23.9 Å². The van der Waals surface area contributed by atoms with Crippen LogP contribution < -0.4 is 15.0 Å². The molecule has 1 aliphatic rings. The molecule has 1 atom stereocenters. The summed E-state index contributed by atoms with van der Waals surface area (Å²) in [5.41, 5.74) is 1.74. The monoisotopic (exact) mass is 410 g/mol. The minimum absolute atomic E-state index is 0.0895. The highest BCUT2D eigenvalue weighted by atomic mass is 16.5. The molecular weight excluding hydrogens is 384 g/mol. The molecule has 0 bridgehead atoms. The molecular formula is C23H26N2O5. The van der Waals surface area contributed by atoms with E-state index in [1.807, 2.05) is 38.1 Å². The summed E-state index contributed by atoms with van der Waals surface area (Å²) >= 11 is 0. The van der Waals surface area contributed by atoms with Crippen molar-refractivity contribution in [3.63, 3.8) is 0 Å². The molecule has 1 N–H and O–H groups in total. The highest BCUT2D eigenvalue weighted by molar-refractivity contribution is 6.03. The lowest BCUT2D eigenvalue weighted by Crippen LogP contribution is -2.28. The standard InChI is InChI=1S/C23H26N2O5/c1-3-13-30-23(28)16-5-7-18(8-6-16)24-22(27)17-14-21(26)25(15-17)19-9-11-20(12-10-19)29-4-2/h5-12,17H,3-4,13-15H2,1-2H3,(H,24,27)/t17-/m1/s1. The SMILES string of the molecule is CCCOC(=O)c1ccc(NC(=O)[C@@H]2CC(=O)N(c3ccc(OCC)cc3)C2)cc1.